The molecule has 0 unspecified atom stereocenters. The lowest BCUT2D eigenvalue weighted by atomic mass is 10.2. The van der Waals surface area contributed by atoms with Gasteiger partial charge in [0.1, 0.15) is 0 Å². The van der Waals surface area contributed by atoms with Crippen molar-refractivity contribution < 1.29 is 24.2 Å². The summed E-state index contributed by atoms with van der Waals surface area (Å²) < 4.78 is 4.54. The molecule has 0 aliphatic heterocycles. The van der Waals surface area contributed by atoms with Gasteiger partial charge in [-0.1, -0.05) is 6.92 Å². The molecular formula is C9H15NO5. The summed E-state index contributed by atoms with van der Waals surface area (Å²) >= 11 is 0. The van der Waals surface area contributed by atoms with Gasteiger partial charge in [-0.2, -0.15) is 0 Å². The summed E-state index contributed by atoms with van der Waals surface area (Å²) in [7, 11) is 0. The highest BCUT2D eigenvalue weighted by molar-refractivity contribution is 5.77. The quantitative estimate of drug-likeness (QED) is 0.607. The van der Waals surface area contributed by atoms with Crippen LogP contribution in [0.15, 0.2) is 0 Å². The molecule has 2 N–H and O–H groups in total. The van der Waals surface area contributed by atoms with E-state index in [0.717, 1.165) is 6.92 Å². The van der Waals surface area contributed by atoms with Crippen molar-refractivity contribution in [2.45, 2.75) is 32.8 Å². The first-order chi connectivity index (χ1) is 6.97. The van der Waals surface area contributed by atoms with Crippen molar-refractivity contribution >= 4 is 17.8 Å². The van der Waals surface area contributed by atoms with Crippen molar-refractivity contribution in [3.63, 3.8) is 0 Å². The molecule has 0 aliphatic rings. The summed E-state index contributed by atoms with van der Waals surface area (Å²) in [6, 6.07) is 0. The summed E-state index contributed by atoms with van der Waals surface area (Å²) in [5, 5.41) is 11.2. The number of esters is 1. The maximum Gasteiger partial charge on any atom is 0.345 e. The number of nitrogens with one attached hydrogen (secondary N) is 1. The number of carboxylic acids is 1. The lowest BCUT2D eigenvalue weighted by molar-refractivity contribution is -0.162. The summed E-state index contributed by atoms with van der Waals surface area (Å²) in [5.74, 6) is -2.03. The molecule has 0 spiro atoms. The van der Waals surface area contributed by atoms with Gasteiger partial charge in [-0.05, 0) is 0 Å². The van der Waals surface area contributed by atoms with Gasteiger partial charge >= 0.3 is 11.9 Å². The van der Waals surface area contributed by atoms with Crippen molar-refractivity contribution in [3.05, 3.63) is 0 Å². The molecule has 0 heterocycles. The first kappa shape index (κ1) is 13.4. The van der Waals surface area contributed by atoms with Crippen LogP contribution >= 0.6 is 0 Å². The van der Waals surface area contributed by atoms with E-state index in [0.29, 0.717) is 6.42 Å². The zero-order valence-electron chi connectivity index (χ0n) is 8.78. The Kier molecular flexibility index (Phi) is 6.08. The molecule has 0 saturated heterocycles. The summed E-state index contributed by atoms with van der Waals surface area (Å²) in [6.45, 7) is 3.01. The minimum atomic E-state index is -1.21. The molecular weight excluding hydrogens is 202 g/mol. The number of rotatable bonds is 6. The van der Waals surface area contributed by atoms with Gasteiger partial charge in [-0.15, -0.1) is 0 Å². The Morgan fingerprint density at radius 1 is 1.40 bits per heavy atom. The van der Waals surface area contributed by atoms with Crippen molar-refractivity contribution in [3.8, 4) is 0 Å². The van der Waals surface area contributed by atoms with E-state index >= 15 is 0 Å². The van der Waals surface area contributed by atoms with Gasteiger partial charge in [0.25, 0.3) is 0 Å². The average Bonchev–Trinajstić information content (AvgIpc) is 2.15. The summed E-state index contributed by atoms with van der Waals surface area (Å²) in [5.41, 5.74) is 0. The van der Waals surface area contributed by atoms with E-state index < -0.39 is 18.0 Å². The molecule has 0 aromatic carbocycles. The molecule has 0 saturated carbocycles. The van der Waals surface area contributed by atoms with Gasteiger partial charge in [-0.25, -0.2) is 4.79 Å². The number of carboxylic acid groups (broad SMARTS) is 1. The fourth-order valence-corrected chi connectivity index (χ4v) is 0.901. The highest BCUT2D eigenvalue weighted by Crippen LogP contribution is 1.98. The van der Waals surface area contributed by atoms with Crippen LogP contribution < -0.4 is 5.32 Å². The van der Waals surface area contributed by atoms with E-state index in [1.54, 1.807) is 6.92 Å². The topological polar surface area (TPSA) is 92.7 Å². The molecule has 1 atom stereocenters. The van der Waals surface area contributed by atoms with Crippen molar-refractivity contribution in [1.82, 2.24) is 5.32 Å². The highest BCUT2D eigenvalue weighted by Gasteiger charge is 2.20. The second-order valence-electron chi connectivity index (χ2n) is 2.93. The van der Waals surface area contributed by atoms with Crippen LogP contribution in [0, 0.1) is 0 Å². The molecule has 0 aromatic rings. The maximum absolute atomic E-state index is 10.8. The normalized spacial score (nSPS) is 11.6. The fourth-order valence-electron chi connectivity index (χ4n) is 0.901. The molecule has 1 amide bonds. The van der Waals surface area contributed by atoms with Crippen LogP contribution in [0.5, 0.6) is 0 Å². The third kappa shape index (κ3) is 6.48. The number of hydrogen-bond acceptors (Lipinski definition) is 4. The second-order valence-corrected chi connectivity index (χ2v) is 2.93. The lowest BCUT2D eigenvalue weighted by Gasteiger charge is -2.12. The van der Waals surface area contributed by atoms with Crippen LogP contribution in [0.2, 0.25) is 0 Å². The number of amides is 1. The zero-order valence-corrected chi connectivity index (χ0v) is 8.78. The monoisotopic (exact) mass is 217 g/mol. The first-order valence-corrected chi connectivity index (χ1v) is 4.64. The number of aliphatic carboxylic acids is 1. The molecule has 6 heteroatoms. The largest absolute Gasteiger partial charge is 0.479 e. The molecule has 0 rings (SSSR count). The van der Waals surface area contributed by atoms with Gasteiger partial charge in [-0.3, -0.25) is 9.59 Å². The predicted molar refractivity (Wildman–Crippen MR) is 51.1 cm³/mol. The maximum atomic E-state index is 10.8. The third-order valence-electron chi connectivity index (χ3n) is 1.63. The lowest BCUT2D eigenvalue weighted by Crippen LogP contribution is -2.32. The zero-order chi connectivity index (χ0) is 11.8. The highest BCUT2D eigenvalue weighted by atomic mass is 16.6. The summed E-state index contributed by atoms with van der Waals surface area (Å²) in [4.78, 5) is 31.9. The Morgan fingerprint density at radius 3 is 2.40 bits per heavy atom. The Hall–Kier alpha value is -1.59. The van der Waals surface area contributed by atoms with Crippen molar-refractivity contribution in [1.29, 1.82) is 0 Å². The van der Waals surface area contributed by atoms with E-state index in [-0.39, 0.29) is 18.9 Å². The number of hydrogen-bond donors (Lipinski definition) is 2. The Balaban J connectivity index is 3.91. The number of carbonyl (C=O) groups is 3. The molecule has 0 bridgehead atoms. The average molecular weight is 217 g/mol. The standard InChI is InChI=1S/C9H15NO5/c1-3-8(12)10-5-4-7(9(13)14)15-6(2)11/h7H,3-5H2,1-2H3,(H,10,12)(H,13,14)/t7-/m0/s1. The van der Waals surface area contributed by atoms with E-state index in [1.165, 1.54) is 0 Å². The molecule has 15 heavy (non-hydrogen) atoms. The molecule has 0 aliphatic carbocycles. The van der Waals surface area contributed by atoms with Gasteiger partial charge in [0, 0.05) is 26.3 Å². The first-order valence-electron chi connectivity index (χ1n) is 4.64. The minimum Gasteiger partial charge on any atom is -0.479 e. The van der Waals surface area contributed by atoms with E-state index in [9.17, 15) is 14.4 Å². The minimum absolute atomic E-state index is 0.0701. The van der Waals surface area contributed by atoms with Gasteiger partial charge in [0.05, 0.1) is 0 Å². The van der Waals surface area contributed by atoms with Gasteiger partial charge < -0.3 is 15.2 Å². The van der Waals surface area contributed by atoms with E-state index in [4.69, 9.17) is 5.11 Å². The SMILES string of the molecule is CCC(=O)NCC[C@H](OC(C)=O)C(=O)O. The predicted octanol–water partition coefficient (Wildman–Crippen LogP) is -0.0810. The van der Waals surface area contributed by atoms with Crippen LogP contribution in [0.4, 0.5) is 0 Å². The fraction of sp³-hybridized carbons (Fsp3) is 0.667. The van der Waals surface area contributed by atoms with Gasteiger partial charge in [0.15, 0.2) is 6.10 Å². The Morgan fingerprint density at radius 2 is 2.00 bits per heavy atom. The van der Waals surface area contributed by atoms with E-state index in [1.807, 2.05) is 0 Å². The van der Waals surface area contributed by atoms with Crippen molar-refractivity contribution in [2.24, 2.45) is 0 Å². The molecule has 0 radical (unpaired) electrons. The Bertz CT molecular complexity index is 251. The number of carbonyl (C=O) groups excluding carboxylic acids is 2. The molecule has 86 valence electrons. The second kappa shape index (κ2) is 6.80. The van der Waals surface area contributed by atoms with Gasteiger partial charge in [0.2, 0.25) is 5.91 Å². The van der Waals surface area contributed by atoms with Crippen LogP contribution in [-0.2, 0) is 19.1 Å². The van der Waals surface area contributed by atoms with Crippen molar-refractivity contribution in [2.75, 3.05) is 6.54 Å². The van der Waals surface area contributed by atoms with E-state index in [2.05, 4.69) is 10.1 Å². The molecule has 0 aromatic heterocycles. The summed E-state index contributed by atoms with van der Waals surface area (Å²) in [6.07, 6.45) is -0.786. The van der Waals surface area contributed by atoms with Crippen LogP contribution in [0.25, 0.3) is 0 Å². The van der Waals surface area contributed by atoms with Crippen LogP contribution in [0.3, 0.4) is 0 Å². The number of ether oxygens (including phenoxy) is 1. The molecule has 0 fully saturated rings. The molecule has 6 nitrogen and oxygen atoms in total. The third-order valence-corrected chi connectivity index (χ3v) is 1.63. The van der Waals surface area contributed by atoms with Crippen LogP contribution in [0.1, 0.15) is 26.7 Å². The van der Waals surface area contributed by atoms with Crippen LogP contribution in [-0.4, -0.2) is 35.6 Å². The Labute approximate surface area is 87.6 Å². The smallest absolute Gasteiger partial charge is 0.345 e.